The van der Waals surface area contributed by atoms with Crippen LogP contribution >= 0.6 is 0 Å². The molecule has 0 radical (unpaired) electrons. The van der Waals surface area contributed by atoms with Gasteiger partial charge in [0.1, 0.15) is 0 Å². The van der Waals surface area contributed by atoms with Crippen molar-refractivity contribution in [2.45, 2.75) is 6.10 Å². The van der Waals surface area contributed by atoms with Gasteiger partial charge in [0.25, 0.3) is 5.69 Å². The summed E-state index contributed by atoms with van der Waals surface area (Å²) in [6.45, 7) is 0.826. The molecule has 0 fully saturated rings. The molecule has 0 saturated carbocycles. The highest BCUT2D eigenvalue weighted by molar-refractivity contribution is 7.88. The quantitative estimate of drug-likeness (QED) is 0.346. The molecular formula is C11H17N3O5S. The summed E-state index contributed by atoms with van der Waals surface area (Å²) in [7, 11) is -3.21. The van der Waals surface area contributed by atoms with Crippen LogP contribution in [0.25, 0.3) is 0 Å². The predicted octanol–water partition coefficient (Wildman–Crippen LogP) is -0.233. The van der Waals surface area contributed by atoms with Gasteiger partial charge in [0.05, 0.1) is 17.3 Å². The Bertz CT molecular complexity index is 544. The van der Waals surface area contributed by atoms with Gasteiger partial charge < -0.3 is 10.4 Å². The van der Waals surface area contributed by atoms with E-state index in [1.165, 1.54) is 24.3 Å². The second kappa shape index (κ2) is 7.29. The number of aliphatic hydroxyl groups excluding tert-OH is 1. The first-order chi connectivity index (χ1) is 9.29. The number of hydrogen-bond acceptors (Lipinski definition) is 6. The molecule has 20 heavy (non-hydrogen) atoms. The molecule has 1 aromatic rings. The summed E-state index contributed by atoms with van der Waals surface area (Å²) in [4.78, 5) is 9.97. The Hall–Kier alpha value is -1.55. The number of hydrogen-bond donors (Lipinski definition) is 3. The summed E-state index contributed by atoms with van der Waals surface area (Å²) in [5.74, 6) is 0. The number of non-ortho nitro benzene ring substituents is 1. The number of sulfonamides is 1. The molecule has 0 saturated heterocycles. The van der Waals surface area contributed by atoms with Crippen LogP contribution in [0.3, 0.4) is 0 Å². The molecule has 0 aromatic heterocycles. The number of nitrogens with zero attached hydrogens (tertiary/aromatic N) is 1. The van der Waals surface area contributed by atoms with Crippen LogP contribution in [0.5, 0.6) is 0 Å². The van der Waals surface area contributed by atoms with Crippen LogP contribution in [-0.4, -0.2) is 44.3 Å². The van der Waals surface area contributed by atoms with E-state index in [1.54, 1.807) is 0 Å². The SMILES string of the molecule is CS(=O)(=O)NCCNCC(O)c1ccc([N+](=O)[O-])cc1. The topological polar surface area (TPSA) is 122 Å². The van der Waals surface area contributed by atoms with Crippen LogP contribution in [0.15, 0.2) is 24.3 Å². The van der Waals surface area contributed by atoms with Gasteiger partial charge in [0.15, 0.2) is 0 Å². The zero-order valence-electron chi connectivity index (χ0n) is 10.9. The lowest BCUT2D eigenvalue weighted by molar-refractivity contribution is -0.384. The highest BCUT2D eigenvalue weighted by Crippen LogP contribution is 2.16. The smallest absolute Gasteiger partial charge is 0.269 e. The fraction of sp³-hybridized carbons (Fsp3) is 0.455. The van der Waals surface area contributed by atoms with Crippen molar-refractivity contribution in [2.24, 2.45) is 0 Å². The Morgan fingerprint density at radius 1 is 1.30 bits per heavy atom. The Morgan fingerprint density at radius 2 is 1.90 bits per heavy atom. The average Bonchev–Trinajstić information content (AvgIpc) is 2.37. The van der Waals surface area contributed by atoms with Gasteiger partial charge in [-0.3, -0.25) is 10.1 Å². The fourth-order valence-corrected chi connectivity index (χ4v) is 1.97. The van der Waals surface area contributed by atoms with Gasteiger partial charge >= 0.3 is 0 Å². The maximum absolute atomic E-state index is 10.8. The van der Waals surface area contributed by atoms with Crippen LogP contribution in [0, 0.1) is 10.1 Å². The van der Waals surface area contributed by atoms with Gasteiger partial charge in [-0.25, -0.2) is 13.1 Å². The molecule has 0 spiro atoms. The maximum Gasteiger partial charge on any atom is 0.269 e. The largest absolute Gasteiger partial charge is 0.387 e. The molecular weight excluding hydrogens is 286 g/mol. The van der Waals surface area contributed by atoms with Crippen molar-refractivity contribution < 1.29 is 18.4 Å². The van der Waals surface area contributed by atoms with E-state index in [2.05, 4.69) is 10.0 Å². The lowest BCUT2D eigenvalue weighted by Crippen LogP contribution is -2.32. The fourth-order valence-electron chi connectivity index (χ4n) is 1.50. The monoisotopic (exact) mass is 303 g/mol. The van der Waals surface area contributed by atoms with E-state index in [0.717, 1.165) is 6.26 Å². The molecule has 1 aromatic carbocycles. The highest BCUT2D eigenvalue weighted by Gasteiger charge is 2.10. The zero-order valence-corrected chi connectivity index (χ0v) is 11.8. The predicted molar refractivity (Wildman–Crippen MR) is 73.8 cm³/mol. The van der Waals surface area contributed by atoms with Crippen molar-refractivity contribution in [3.63, 3.8) is 0 Å². The van der Waals surface area contributed by atoms with Gasteiger partial charge in [-0.15, -0.1) is 0 Å². The van der Waals surface area contributed by atoms with E-state index in [0.29, 0.717) is 12.1 Å². The first-order valence-corrected chi connectivity index (χ1v) is 7.76. The second-order valence-corrected chi connectivity index (χ2v) is 6.07. The number of rotatable bonds is 8. The van der Waals surface area contributed by atoms with Crippen LogP contribution in [0.2, 0.25) is 0 Å². The van der Waals surface area contributed by atoms with E-state index >= 15 is 0 Å². The molecule has 1 unspecified atom stereocenters. The second-order valence-electron chi connectivity index (χ2n) is 4.24. The van der Waals surface area contributed by atoms with Gasteiger partial charge in [-0.05, 0) is 17.7 Å². The molecule has 0 aliphatic heterocycles. The molecule has 112 valence electrons. The molecule has 8 nitrogen and oxygen atoms in total. The number of benzene rings is 1. The minimum Gasteiger partial charge on any atom is -0.387 e. The molecule has 0 bridgehead atoms. The van der Waals surface area contributed by atoms with E-state index in [9.17, 15) is 23.6 Å². The zero-order chi connectivity index (χ0) is 15.2. The number of aliphatic hydroxyl groups is 1. The van der Waals surface area contributed by atoms with Crippen LogP contribution in [0.1, 0.15) is 11.7 Å². The van der Waals surface area contributed by atoms with Crippen molar-refractivity contribution in [3.05, 3.63) is 39.9 Å². The molecule has 0 heterocycles. The Morgan fingerprint density at radius 3 is 2.40 bits per heavy atom. The molecule has 1 atom stereocenters. The Balaban J connectivity index is 2.35. The van der Waals surface area contributed by atoms with Gasteiger partial charge in [-0.2, -0.15) is 0 Å². The van der Waals surface area contributed by atoms with E-state index in [1.807, 2.05) is 0 Å². The van der Waals surface area contributed by atoms with E-state index < -0.39 is 21.1 Å². The molecule has 1 rings (SSSR count). The third-order valence-electron chi connectivity index (χ3n) is 2.49. The van der Waals surface area contributed by atoms with Crippen molar-refractivity contribution in [3.8, 4) is 0 Å². The van der Waals surface area contributed by atoms with Gasteiger partial charge in [-0.1, -0.05) is 0 Å². The van der Waals surface area contributed by atoms with Crippen LogP contribution < -0.4 is 10.0 Å². The molecule has 3 N–H and O–H groups in total. The first kappa shape index (κ1) is 16.5. The lowest BCUT2D eigenvalue weighted by Gasteiger charge is -2.12. The first-order valence-electron chi connectivity index (χ1n) is 5.87. The average molecular weight is 303 g/mol. The summed E-state index contributed by atoms with van der Waals surface area (Å²) >= 11 is 0. The molecule has 0 aliphatic rings. The normalized spacial score (nSPS) is 13.1. The van der Waals surface area contributed by atoms with Crippen molar-refractivity contribution in [2.75, 3.05) is 25.9 Å². The summed E-state index contributed by atoms with van der Waals surface area (Å²) in [5, 5.41) is 23.2. The van der Waals surface area contributed by atoms with E-state index in [-0.39, 0.29) is 18.8 Å². The number of nitro groups is 1. The minimum absolute atomic E-state index is 0.0359. The van der Waals surface area contributed by atoms with Gasteiger partial charge in [0, 0.05) is 31.8 Å². The lowest BCUT2D eigenvalue weighted by atomic mass is 10.1. The van der Waals surface area contributed by atoms with Crippen LogP contribution in [-0.2, 0) is 10.0 Å². The molecule has 9 heteroatoms. The molecule has 0 aliphatic carbocycles. The Kier molecular flexibility index (Phi) is 6.02. The van der Waals surface area contributed by atoms with Crippen LogP contribution in [0.4, 0.5) is 5.69 Å². The summed E-state index contributed by atoms with van der Waals surface area (Å²) in [6.07, 6.45) is 0.257. The Labute approximate surface area is 117 Å². The van der Waals surface area contributed by atoms with E-state index in [4.69, 9.17) is 0 Å². The summed E-state index contributed by atoms with van der Waals surface area (Å²) in [5.41, 5.74) is 0.519. The van der Waals surface area contributed by atoms with Gasteiger partial charge in [0.2, 0.25) is 10.0 Å². The minimum atomic E-state index is -3.21. The third-order valence-corrected chi connectivity index (χ3v) is 3.22. The number of nitrogens with one attached hydrogen (secondary N) is 2. The van der Waals surface area contributed by atoms with Crippen molar-refractivity contribution in [1.82, 2.24) is 10.0 Å². The van der Waals surface area contributed by atoms with Crippen molar-refractivity contribution in [1.29, 1.82) is 0 Å². The summed E-state index contributed by atoms with van der Waals surface area (Å²) in [6, 6.07) is 5.62. The standard InChI is InChI=1S/C11H17N3O5S/c1-20(18,19)13-7-6-12-8-11(15)9-2-4-10(5-3-9)14(16)17/h2-5,11-13,15H,6-8H2,1H3. The highest BCUT2D eigenvalue weighted by atomic mass is 32.2. The molecule has 0 amide bonds. The summed E-state index contributed by atoms with van der Waals surface area (Å²) < 4.78 is 23.9. The number of nitro benzene ring substituents is 1. The maximum atomic E-state index is 10.8. The third kappa shape index (κ3) is 6.06. The van der Waals surface area contributed by atoms with Crippen molar-refractivity contribution >= 4 is 15.7 Å².